The number of halogens is 1. The number of hydrogen-bond donors (Lipinski definition) is 0. The maximum Gasteiger partial charge on any atom is 0.427 e. The largest absolute Gasteiger partial charge is 0.443 e. The van der Waals surface area contributed by atoms with Crippen LogP contribution in [0.3, 0.4) is 0 Å². The van der Waals surface area contributed by atoms with Crippen molar-refractivity contribution in [2.75, 3.05) is 4.90 Å². The normalized spacial score (nSPS) is 11.8. The van der Waals surface area contributed by atoms with Crippen LogP contribution in [0.2, 0.25) is 0 Å². The third kappa shape index (κ3) is 7.47. The van der Waals surface area contributed by atoms with E-state index >= 15 is 0 Å². The number of anilines is 1. The fourth-order valence-corrected chi connectivity index (χ4v) is 3.17. The third-order valence-corrected chi connectivity index (χ3v) is 4.57. The minimum absolute atomic E-state index is 0.162. The molecular formula is C23H30BrN3O5. The van der Waals surface area contributed by atoms with Gasteiger partial charge < -0.3 is 9.47 Å². The molecule has 2 aromatic rings. The lowest BCUT2D eigenvalue weighted by Gasteiger charge is -2.28. The van der Waals surface area contributed by atoms with Crippen molar-refractivity contribution in [3.63, 3.8) is 0 Å². The molecule has 1 aromatic carbocycles. The summed E-state index contributed by atoms with van der Waals surface area (Å²) in [5, 5.41) is 0. The molecule has 9 heteroatoms. The first-order valence-corrected chi connectivity index (χ1v) is 11.0. The van der Waals surface area contributed by atoms with Gasteiger partial charge in [-0.2, -0.15) is 0 Å². The van der Waals surface area contributed by atoms with Gasteiger partial charge >= 0.3 is 12.2 Å². The van der Waals surface area contributed by atoms with Crippen LogP contribution in [-0.2, 0) is 29.4 Å². The molecule has 0 bridgehead atoms. The van der Waals surface area contributed by atoms with Gasteiger partial charge in [-0.1, -0.05) is 28.1 Å². The van der Waals surface area contributed by atoms with Crippen LogP contribution in [0.15, 0.2) is 39.6 Å². The smallest absolute Gasteiger partial charge is 0.427 e. The van der Waals surface area contributed by atoms with Crippen LogP contribution in [0.5, 0.6) is 0 Å². The van der Waals surface area contributed by atoms with Gasteiger partial charge in [0.15, 0.2) is 0 Å². The molecule has 0 spiro atoms. The Bertz CT molecular complexity index is 1020. The Hall–Kier alpha value is -2.68. The van der Waals surface area contributed by atoms with Gasteiger partial charge in [0.05, 0.1) is 5.69 Å². The number of imide groups is 1. The number of aryl methyl sites for hydroxylation is 2. The van der Waals surface area contributed by atoms with Crippen LogP contribution < -0.4 is 10.5 Å². The molecule has 0 aliphatic heterocycles. The van der Waals surface area contributed by atoms with Crippen LogP contribution in [0.4, 0.5) is 15.5 Å². The van der Waals surface area contributed by atoms with Crippen LogP contribution in [0, 0.1) is 0 Å². The fraction of sp³-hybridized carbons (Fsp3) is 0.478. The predicted octanol–water partition coefficient (Wildman–Crippen LogP) is 5.00. The molecule has 0 radical (unpaired) electrons. The van der Waals surface area contributed by atoms with Crippen molar-refractivity contribution in [3.05, 3.63) is 56.4 Å². The molecule has 0 fully saturated rings. The van der Waals surface area contributed by atoms with Gasteiger partial charge in [0, 0.05) is 17.6 Å². The van der Waals surface area contributed by atoms with Crippen molar-refractivity contribution in [2.45, 2.75) is 65.6 Å². The van der Waals surface area contributed by atoms with E-state index in [0.29, 0.717) is 23.4 Å². The molecule has 1 heterocycles. The lowest BCUT2D eigenvalue weighted by Crippen LogP contribution is -2.46. The molecule has 0 unspecified atom stereocenters. The van der Waals surface area contributed by atoms with Crippen LogP contribution in [-0.4, -0.2) is 32.9 Å². The second-order valence-corrected chi connectivity index (χ2v) is 10.3. The summed E-state index contributed by atoms with van der Waals surface area (Å²) >= 11 is 3.44. The first-order valence-electron chi connectivity index (χ1n) is 10.2. The summed E-state index contributed by atoms with van der Waals surface area (Å²) in [7, 11) is 1.44. The highest BCUT2D eigenvalue weighted by Gasteiger charge is 2.35. The zero-order chi connectivity index (χ0) is 24.3. The van der Waals surface area contributed by atoms with Crippen molar-refractivity contribution in [3.8, 4) is 0 Å². The van der Waals surface area contributed by atoms with Crippen LogP contribution >= 0.6 is 15.9 Å². The van der Waals surface area contributed by atoms with E-state index in [0.717, 1.165) is 14.6 Å². The number of hydrogen-bond acceptors (Lipinski definition) is 6. The summed E-state index contributed by atoms with van der Waals surface area (Å²) in [6.45, 7) is 10.1. The lowest BCUT2D eigenvalue weighted by molar-refractivity contribution is 0.0425. The Balaban J connectivity index is 2.45. The average molecular weight is 508 g/mol. The number of aromatic nitrogens is 2. The monoisotopic (exact) mass is 507 g/mol. The minimum atomic E-state index is -0.974. The first-order chi connectivity index (χ1) is 14.7. The zero-order valence-electron chi connectivity index (χ0n) is 19.6. The van der Waals surface area contributed by atoms with Gasteiger partial charge in [-0.15, -0.1) is 4.90 Å². The molecule has 0 N–H and O–H groups in total. The number of carbonyl (C=O) groups excluding carboxylic acids is 2. The number of carbonyl (C=O) groups is 2. The van der Waals surface area contributed by atoms with E-state index in [1.165, 1.54) is 13.1 Å². The van der Waals surface area contributed by atoms with Gasteiger partial charge in [-0.05, 0) is 72.1 Å². The Morgan fingerprint density at radius 2 is 1.56 bits per heavy atom. The van der Waals surface area contributed by atoms with E-state index in [2.05, 4.69) is 20.9 Å². The number of amides is 2. The van der Waals surface area contributed by atoms with E-state index in [1.807, 2.05) is 24.3 Å². The summed E-state index contributed by atoms with van der Waals surface area (Å²) in [6, 6.07) is 9.20. The summed E-state index contributed by atoms with van der Waals surface area (Å²) < 4.78 is 12.9. The molecule has 0 saturated carbocycles. The topological polar surface area (TPSA) is 90.7 Å². The average Bonchev–Trinajstić information content (AvgIpc) is 2.61. The van der Waals surface area contributed by atoms with Crippen molar-refractivity contribution in [1.29, 1.82) is 0 Å². The number of nitrogens with zero attached hydrogens (tertiary/aromatic N) is 3. The molecule has 1 aromatic heterocycles. The van der Waals surface area contributed by atoms with Gasteiger partial charge in [0.25, 0.3) is 5.56 Å². The molecule has 174 valence electrons. The van der Waals surface area contributed by atoms with E-state index in [-0.39, 0.29) is 5.95 Å². The van der Waals surface area contributed by atoms with Gasteiger partial charge in [0.1, 0.15) is 11.2 Å². The van der Waals surface area contributed by atoms with Crippen molar-refractivity contribution >= 4 is 34.1 Å². The molecule has 2 amide bonds. The van der Waals surface area contributed by atoms with E-state index in [1.54, 1.807) is 41.5 Å². The highest BCUT2D eigenvalue weighted by atomic mass is 79.9. The van der Waals surface area contributed by atoms with Gasteiger partial charge in [-0.3, -0.25) is 9.36 Å². The molecular weight excluding hydrogens is 478 g/mol. The minimum Gasteiger partial charge on any atom is -0.443 e. The first kappa shape index (κ1) is 25.6. The van der Waals surface area contributed by atoms with Crippen molar-refractivity contribution in [2.24, 2.45) is 7.05 Å². The standard InChI is InChI=1S/C23H30BrN3O5/c1-22(2,3)31-20(29)27(21(30)32-23(4,5)6)19-25-17(14-18(28)26(19)7)12-11-15-9-8-10-16(24)13-15/h8-10,13-14H,11-12H2,1-7H3. The molecule has 8 nitrogen and oxygen atoms in total. The summed E-state index contributed by atoms with van der Waals surface area (Å²) in [6.07, 6.45) is -0.884. The quantitative estimate of drug-likeness (QED) is 0.577. The molecule has 0 aliphatic carbocycles. The molecule has 32 heavy (non-hydrogen) atoms. The highest BCUT2D eigenvalue weighted by Crippen LogP contribution is 2.20. The molecule has 0 atom stereocenters. The maximum absolute atomic E-state index is 12.9. The fourth-order valence-electron chi connectivity index (χ4n) is 2.72. The highest BCUT2D eigenvalue weighted by molar-refractivity contribution is 9.10. The van der Waals surface area contributed by atoms with Crippen LogP contribution in [0.1, 0.15) is 52.8 Å². The Labute approximate surface area is 196 Å². The van der Waals surface area contributed by atoms with E-state index < -0.39 is 28.9 Å². The van der Waals surface area contributed by atoms with E-state index in [4.69, 9.17) is 9.47 Å². The molecule has 0 aliphatic rings. The Kier molecular flexibility index (Phi) is 7.88. The zero-order valence-corrected chi connectivity index (χ0v) is 21.1. The Morgan fingerprint density at radius 3 is 2.06 bits per heavy atom. The second-order valence-electron chi connectivity index (χ2n) is 9.37. The van der Waals surface area contributed by atoms with Crippen molar-refractivity contribution in [1.82, 2.24) is 9.55 Å². The number of rotatable bonds is 4. The van der Waals surface area contributed by atoms with Gasteiger partial charge in [0.2, 0.25) is 5.95 Å². The number of benzene rings is 1. The summed E-state index contributed by atoms with van der Waals surface area (Å²) in [4.78, 5) is 43.6. The summed E-state index contributed by atoms with van der Waals surface area (Å²) in [5.74, 6) is -0.162. The van der Waals surface area contributed by atoms with Crippen LogP contribution in [0.25, 0.3) is 0 Å². The third-order valence-electron chi connectivity index (χ3n) is 4.08. The second kappa shape index (κ2) is 9.85. The van der Waals surface area contributed by atoms with Crippen molar-refractivity contribution < 1.29 is 19.1 Å². The van der Waals surface area contributed by atoms with E-state index in [9.17, 15) is 14.4 Å². The predicted molar refractivity (Wildman–Crippen MR) is 126 cm³/mol. The molecule has 2 rings (SSSR count). The SMILES string of the molecule is Cn1c(N(C(=O)OC(C)(C)C)C(=O)OC(C)(C)C)nc(CCc2cccc(Br)c2)cc1=O. The van der Waals surface area contributed by atoms with Gasteiger partial charge in [-0.25, -0.2) is 14.6 Å². The Morgan fingerprint density at radius 1 is 1.00 bits per heavy atom. The molecule has 0 saturated heterocycles. The summed E-state index contributed by atoms with van der Waals surface area (Å²) in [5.41, 5.74) is -0.639. The lowest BCUT2D eigenvalue weighted by atomic mass is 10.1. The number of ether oxygens (including phenoxy) is 2. The maximum atomic E-state index is 12.9.